The number of hydrogen-bond acceptors (Lipinski definition) is 4. The van der Waals surface area contributed by atoms with Crippen LogP contribution < -0.4 is 5.73 Å². The Bertz CT molecular complexity index is 486. The predicted octanol–water partition coefficient (Wildman–Crippen LogP) is 1.30. The fraction of sp³-hybridized carbons (Fsp3) is 0.385. The summed E-state index contributed by atoms with van der Waals surface area (Å²) in [5.41, 5.74) is 6.53. The topological polar surface area (TPSA) is 99.1 Å². The number of benzene rings is 1. The van der Waals surface area contributed by atoms with Crippen molar-refractivity contribution in [1.29, 1.82) is 0 Å². The molecule has 0 heterocycles. The maximum absolute atomic E-state index is 12.3. The molecule has 0 saturated heterocycles. The summed E-state index contributed by atoms with van der Waals surface area (Å²) in [6.07, 6.45) is 0.733. The van der Waals surface area contributed by atoms with Gasteiger partial charge in [0.05, 0.1) is 12.1 Å². The van der Waals surface area contributed by atoms with Gasteiger partial charge in [-0.25, -0.2) is 0 Å². The van der Waals surface area contributed by atoms with Crippen LogP contribution >= 0.6 is 0 Å². The molecule has 1 amide bonds. The second-order valence-electron chi connectivity index (χ2n) is 4.34. The highest BCUT2D eigenvalue weighted by Gasteiger charge is 2.19. The first kappa shape index (κ1) is 14.8. The van der Waals surface area contributed by atoms with Gasteiger partial charge in [0.2, 0.25) is 0 Å². The molecular weight excluding hydrogens is 246 g/mol. The monoisotopic (exact) mass is 265 g/mol. The number of phenolic OH excluding ortho intramolecular Hbond substituents is 1. The summed E-state index contributed by atoms with van der Waals surface area (Å²) in [7, 11) is 0. The number of aryl methyl sites for hydroxylation is 1. The Morgan fingerprint density at radius 3 is 2.74 bits per heavy atom. The van der Waals surface area contributed by atoms with Gasteiger partial charge in [-0.1, -0.05) is 23.7 Å². The average Bonchev–Trinajstić information content (AvgIpc) is 2.40. The summed E-state index contributed by atoms with van der Waals surface area (Å²) in [6, 6.07) is 4.82. The molecule has 0 unspecified atom stereocenters. The fourth-order valence-electron chi connectivity index (χ4n) is 1.74. The van der Waals surface area contributed by atoms with Gasteiger partial charge in [-0.2, -0.15) is 0 Å². The quantitative estimate of drug-likeness (QED) is 0.323. The first-order valence-electron chi connectivity index (χ1n) is 6.04. The highest BCUT2D eigenvalue weighted by atomic mass is 16.4. The third-order valence-electron chi connectivity index (χ3n) is 2.64. The minimum Gasteiger partial charge on any atom is -0.507 e. The third kappa shape index (κ3) is 3.87. The smallest absolute Gasteiger partial charge is 0.258 e. The Balaban J connectivity index is 3.01. The largest absolute Gasteiger partial charge is 0.507 e. The first-order chi connectivity index (χ1) is 8.99. The van der Waals surface area contributed by atoms with Crippen LogP contribution in [0.4, 0.5) is 0 Å². The second-order valence-corrected chi connectivity index (χ2v) is 4.34. The molecule has 0 saturated carbocycles. The average molecular weight is 265 g/mol. The molecule has 19 heavy (non-hydrogen) atoms. The Morgan fingerprint density at radius 1 is 1.47 bits per heavy atom. The van der Waals surface area contributed by atoms with Gasteiger partial charge in [0.25, 0.3) is 5.91 Å². The normalized spacial score (nSPS) is 11.4. The molecular formula is C13H19N3O3. The van der Waals surface area contributed by atoms with Crippen LogP contribution in [0.2, 0.25) is 0 Å². The molecule has 0 aliphatic carbocycles. The maximum Gasteiger partial charge on any atom is 0.258 e. The number of carbonyl (C=O) groups is 1. The molecule has 0 bridgehead atoms. The van der Waals surface area contributed by atoms with E-state index in [1.165, 1.54) is 11.0 Å². The molecule has 104 valence electrons. The minimum atomic E-state index is -0.338. The van der Waals surface area contributed by atoms with Crippen LogP contribution in [0.3, 0.4) is 0 Å². The molecule has 1 aromatic carbocycles. The highest BCUT2D eigenvalue weighted by molar-refractivity contribution is 5.99. The molecule has 0 radical (unpaired) electrons. The number of amides is 1. The zero-order chi connectivity index (χ0) is 14.4. The standard InChI is InChI=1S/C13H19N3O3/c1-3-6-16(8-12(14)15-19)13(18)10-7-9(2)4-5-11(10)17/h4-5,7,17,19H,3,6,8H2,1-2H3,(H2,14,15). The van der Waals surface area contributed by atoms with Crippen molar-refractivity contribution >= 4 is 11.7 Å². The highest BCUT2D eigenvalue weighted by Crippen LogP contribution is 2.20. The van der Waals surface area contributed by atoms with E-state index in [2.05, 4.69) is 5.16 Å². The number of phenols is 1. The van der Waals surface area contributed by atoms with Gasteiger partial charge in [0, 0.05) is 6.54 Å². The SMILES string of the molecule is CCCN(CC(N)=NO)C(=O)c1cc(C)ccc1O. The summed E-state index contributed by atoms with van der Waals surface area (Å²) in [6.45, 7) is 4.24. The molecule has 0 fully saturated rings. The molecule has 6 nitrogen and oxygen atoms in total. The van der Waals surface area contributed by atoms with Gasteiger partial charge in [-0.15, -0.1) is 0 Å². The molecule has 0 aromatic heterocycles. The van der Waals surface area contributed by atoms with E-state index in [0.29, 0.717) is 6.54 Å². The van der Waals surface area contributed by atoms with Crippen molar-refractivity contribution in [3.8, 4) is 5.75 Å². The van der Waals surface area contributed by atoms with E-state index >= 15 is 0 Å². The van der Waals surface area contributed by atoms with Crippen molar-refractivity contribution in [2.75, 3.05) is 13.1 Å². The van der Waals surface area contributed by atoms with Crippen LogP contribution in [0.15, 0.2) is 23.4 Å². The lowest BCUT2D eigenvalue weighted by molar-refractivity contribution is 0.0775. The van der Waals surface area contributed by atoms with Crippen molar-refractivity contribution < 1.29 is 15.1 Å². The lowest BCUT2D eigenvalue weighted by Gasteiger charge is -2.22. The lowest BCUT2D eigenvalue weighted by Crippen LogP contribution is -2.39. The van der Waals surface area contributed by atoms with Crippen LogP contribution in [-0.2, 0) is 0 Å². The van der Waals surface area contributed by atoms with E-state index in [4.69, 9.17) is 10.9 Å². The molecule has 0 spiro atoms. The van der Waals surface area contributed by atoms with E-state index in [1.54, 1.807) is 12.1 Å². The number of nitrogens with two attached hydrogens (primary N) is 1. The fourth-order valence-corrected chi connectivity index (χ4v) is 1.74. The zero-order valence-corrected chi connectivity index (χ0v) is 11.1. The van der Waals surface area contributed by atoms with Crippen molar-refractivity contribution in [3.63, 3.8) is 0 Å². The van der Waals surface area contributed by atoms with Gasteiger partial charge in [-0.3, -0.25) is 4.79 Å². The molecule has 0 aliphatic heterocycles. The molecule has 0 atom stereocenters. The number of carbonyl (C=O) groups excluding carboxylic acids is 1. The van der Waals surface area contributed by atoms with E-state index in [0.717, 1.165) is 12.0 Å². The van der Waals surface area contributed by atoms with Crippen LogP contribution in [0.5, 0.6) is 5.75 Å². The molecule has 1 rings (SSSR count). The van der Waals surface area contributed by atoms with E-state index in [9.17, 15) is 9.90 Å². The minimum absolute atomic E-state index is 0.0244. The number of hydrogen-bond donors (Lipinski definition) is 3. The zero-order valence-electron chi connectivity index (χ0n) is 11.1. The lowest BCUT2D eigenvalue weighted by atomic mass is 10.1. The van der Waals surface area contributed by atoms with Gasteiger partial charge in [0.15, 0.2) is 5.84 Å². The number of rotatable bonds is 5. The summed E-state index contributed by atoms with van der Waals surface area (Å²) in [4.78, 5) is 13.8. The number of aromatic hydroxyl groups is 1. The predicted molar refractivity (Wildman–Crippen MR) is 72.4 cm³/mol. The second kappa shape index (κ2) is 6.63. The number of nitrogens with zero attached hydrogens (tertiary/aromatic N) is 2. The Labute approximate surface area is 112 Å². The Kier molecular flexibility index (Phi) is 5.17. The van der Waals surface area contributed by atoms with Gasteiger partial charge in [0.1, 0.15) is 5.75 Å². The number of amidine groups is 1. The molecule has 0 aliphatic rings. The van der Waals surface area contributed by atoms with Crippen molar-refractivity contribution in [2.45, 2.75) is 20.3 Å². The van der Waals surface area contributed by atoms with E-state index < -0.39 is 0 Å². The molecule has 6 heteroatoms. The Hall–Kier alpha value is -2.24. The van der Waals surface area contributed by atoms with Gasteiger partial charge < -0.3 is 20.9 Å². The third-order valence-corrected chi connectivity index (χ3v) is 2.64. The van der Waals surface area contributed by atoms with E-state index in [1.807, 2.05) is 13.8 Å². The van der Waals surface area contributed by atoms with Crippen molar-refractivity contribution in [1.82, 2.24) is 4.90 Å². The first-order valence-corrected chi connectivity index (χ1v) is 6.04. The van der Waals surface area contributed by atoms with Crippen LogP contribution in [-0.4, -0.2) is 40.0 Å². The van der Waals surface area contributed by atoms with Crippen molar-refractivity contribution in [3.05, 3.63) is 29.3 Å². The van der Waals surface area contributed by atoms with Crippen LogP contribution in [0, 0.1) is 6.92 Å². The maximum atomic E-state index is 12.3. The van der Waals surface area contributed by atoms with Crippen LogP contribution in [0.1, 0.15) is 29.3 Å². The summed E-state index contributed by atoms with van der Waals surface area (Å²) in [5, 5.41) is 21.2. The van der Waals surface area contributed by atoms with Crippen molar-refractivity contribution in [2.24, 2.45) is 10.9 Å². The van der Waals surface area contributed by atoms with Gasteiger partial charge in [-0.05, 0) is 25.5 Å². The molecule has 1 aromatic rings. The summed E-state index contributed by atoms with van der Waals surface area (Å²) >= 11 is 0. The summed E-state index contributed by atoms with van der Waals surface area (Å²) in [5.74, 6) is -0.459. The molecule has 4 N–H and O–H groups in total. The van der Waals surface area contributed by atoms with Gasteiger partial charge >= 0.3 is 0 Å². The van der Waals surface area contributed by atoms with Crippen LogP contribution in [0.25, 0.3) is 0 Å². The van der Waals surface area contributed by atoms with E-state index in [-0.39, 0.29) is 29.6 Å². The Morgan fingerprint density at radius 2 is 2.16 bits per heavy atom. The number of oxime groups is 1. The summed E-state index contributed by atoms with van der Waals surface area (Å²) < 4.78 is 0.